The summed E-state index contributed by atoms with van der Waals surface area (Å²) in [6.45, 7) is 16.8. The number of esters is 2. The van der Waals surface area contributed by atoms with Gasteiger partial charge in [0, 0.05) is 88.9 Å². The van der Waals surface area contributed by atoms with Gasteiger partial charge in [-0.1, -0.05) is 101 Å². The van der Waals surface area contributed by atoms with Crippen molar-refractivity contribution in [1.82, 2.24) is 36.1 Å². The SMILES string of the molecule is CC(C)[C@H](N)C(=O)NCCCCCC(=O)O[C@@H](C[C@H](Cc1ccccc1)C(=O)N[C@H]1c2ccccc2C[C@H]1OC(=O)CCCCCNC(=O)[C@@H](N)C(C)C)CN1CCN(Cc2cccnc2)C[C@H]1C(=O)NC(C)(C)C. The average Bonchev–Trinajstić information content (AvgIpc) is 3.71. The maximum atomic E-state index is 15.0. The van der Waals surface area contributed by atoms with Gasteiger partial charge in [0.15, 0.2) is 0 Å². The molecule has 0 unspecified atom stereocenters. The number of carbonyl (C=O) groups is 6. The number of hydrogen-bond acceptors (Lipinski definition) is 13. The van der Waals surface area contributed by atoms with Gasteiger partial charge >= 0.3 is 11.9 Å². The van der Waals surface area contributed by atoms with Gasteiger partial charge in [-0.15, -0.1) is 0 Å². The first-order chi connectivity index (χ1) is 35.8. The largest absolute Gasteiger partial charge is 0.461 e. The van der Waals surface area contributed by atoms with Crippen LogP contribution in [0.5, 0.6) is 0 Å². The van der Waals surface area contributed by atoms with Crippen molar-refractivity contribution in [2.24, 2.45) is 29.2 Å². The predicted octanol–water partition coefficient (Wildman–Crippen LogP) is 5.29. The van der Waals surface area contributed by atoms with Crippen molar-refractivity contribution < 1.29 is 38.2 Å². The molecule has 1 aliphatic carbocycles. The fourth-order valence-electron chi connectivity index (χ4n) is 9.60. The van der Waals surface area contributed by atoms with E-state index in [-0.39, 0.29) is 67.2 Å². The van der Waals surface area contributed by atoms with Crippen molar-refractivity contribution in [3.05, 3.63) is 101 Å². The Kier molecular flexibility index (Phi) is 24.1. The number of fused-ring (bicyclic) bond motifs is 1. The maximum absolute atomic E-state index is 15.0. The third-order valence-electron chi connectivity index (χ3n) is 14.0. The van der Waals surface area contributed by atoms with E-state index < -0.39 is 53.8 Å². The fourth-order valence-corrected chi connectivity index (χ4v) is 9.60. The zero-order chi connectivity index (χ0) is 54.5. The summed E-state index contributed by atoms with van der Waals surface area (Å²) >= 11 is 0. The van der Waals surface area contributed by atoms with Crippen LogP contribution < -0.4 is 32.7 Å². The van der Waals surface area contributed by atoms with Gasteiger partial charge < -0.3 is 42.2 Å². The lowest BCUT2D eigenvalue weighted by molar-refractivity contribution is -0.153. The molecule has 0 bridgehead atoms. The van der Waals surface area contributed by atoms with Gasteiger partial charge in [-0.2, -0.15) is 0 Å². The number of hydrogen-bond donors (Lipinski definition) is 6. The molecule has 2 aliphatic rings. The molecular weight excluding hydrogens is 951 g/mol. The van der Waals surface area contributed by atoms with Gasteiger partial charge in [-0.05, 0) is 99.5 Å². The molecule has 1 saturated heterocycles. The Morgan fingerprint density at radius 2 is 1.35 bits per heavy atom. The number of aromatic nitrogens is 1. The van der Waals surface area contributed by atoms with Crippen LogP contribution in [0, 0.1) is 17.8 Å². The summed E-state index contributed by atoms with van der Waals surface area (Å²) in [6.07, 6.45) is 7.22. The molecule has 75 heavy (non-hydrogen) atoms. The Morgan fingerprint density at radius 1 is 0.733 bits per heavy atom. The molecule has 0 radical (unpaired) electrons. The second-order valence-corrected chi connectivity index (χ2v) is 22.2. The van der Waals surface area contributed by atoms with E-state index in [0.29, 0.717) is 90.6 Å². The number of ether oxygens (including phenoxy) is 2. The number of nitrogens with one attached hydrogen (secondary N) is 4. The Hall–Kier alpha value is -5.75. The summed E-state index contributed by atoms with van der Waals surface area (Å²) in [7, 11) is 0. The van der Waals surface area contributed by atoms with Crippen LogP contribution >= 0.6 is 0 Å². The first kappa shape index (κ1) is 60.1. The van der Waals surface area contributed by atoms with E-state index in [2.05, 4.69) is 36.1 Å². The van der Waals surface area contributed by atoms with Gasteiger partial charge in [0.1, 0.15) is 18.2 Å². The first-order valence-corrected chi connectivity index (χ1v) is 27.3. The minimum absolute atomic E-state index is 0.0155. The van der Waals surface area contributed by atoms with Crippen molar-refractivity contribution in [3.8, 4) is 0 Å². The molecule has 0 spiro atoms. The normalized spacial score (nSPS) is 18.6. The van der Waals surface area contributed by atoms with E-state index in [0.717, 1.165) is 22.3 Å². The molecular formula is C58H87N9O8. The summed E-state index contributed by atoms with van der Waals surface area (Å²) in [5.41, 5.74) is 15.3. The van der Waals surface area contributed by atoms with Crippen molar-refractivity contribution in [3.63, 3.8) is 0 Å². The number of nitrogens with zero attached hydrogens (tertiary/aromatic N) is 3. The Bertz CT molecular complexity index is 2280. The van der Waals surface area contributed by atoms with Crippen LogP contribution in [-0.2, 0) is 57.6 Å². The second-order valence-electron chi connectivity index (χ2n) is 22.2. The summed E-state index contributed by atoms with van der Waals surface area (Å²) in [6, 6.07) is 19.1. The van der Waals surface area contributed by atoms with E-state index in [9.17, 15) is 24.0 Å². The van der Waals surface area contributed by atoms with Crippen LogP contribution in [0.2, 0.25) is 0 Å². The van der Waals surface area contributed by atoms with Gasteiger partial charge in [0.25, 0.3) is 0 Å². The Labute approximate surface area is 445 Å². The molecule has 412 valence electrons. The molecule has 7 atom stereocenters. The van der Waals surface area contributed by atoms with Gasteiger partial charge in [0.05, 0.1) is 18.1 Å². The summed E-state index contributed by atoms with van der Waals surface area (Å²) < 4.78 is 12.6. The second kappa shape index (κ2) is 30.1. The molecule has 3 aromatic rings. The molecule has 1 aromatic heterocycles. The monoisotopic (exact) mass is 1040 g/mol. The zero-order valence-electron chi connectivity index (χ0n) is 45.7. The van der Waals surface area contributed by atoms with Crippen LogP contribution in [0.1, 0.15) is 135 Å². The highest BCUT2D eigenvalue weighted by atomic mass is 16.5. The minimum atomic E-state index is -0.784. The zero-order valence-corrected chi connectivity index (χ0v) is 45.7. The van der Waals surface area contributed by atoms with E-state index >= 15 is 4.79 Å². The molecule has 8 N–H and O–H groups in total. The molecule has 17 nitrogen and oxygen atoms in total. The number of nitrogens with two attached hydrogens (primary N) is 2. The van der Waals surface area contributed by atoms with E-state index in [1.165, 1.54) is 0 Å². The minimum Gasteiger partial charge on any atom is -0.461 e. The maximum Gasteiger partial charge on any atom is 0.306 e. The van der Waals surface area contributed by atoms with Crippen LogP contribution in [0.25, 0.3) is 0 Å². The average molecular weight is 1040 g/mol. The van der Waals surface area contributed by atoms with Crippen molar-refractivity contribution in [2.75, 3.05) is 39.3 Å². The van der Waals surface area contributed by atoms with Crippen LogP contribution in [0.3, 0.4) is 0 Å². The van der Waals surface area contributed by atoms with Crippen molar-refractivity contribution in [1.29, 1.82) is 0 Å². The number of piperazine rings is 1. The van der Waals surface area contributed by atoms with Crippen LogP contribution in [0.15, 0.2) is 79.1 Å². The Morgan fingerprint density at radius 3 is 1.96 bits per heavy atom. The molecule has 2 aromatic carbocycles. The molecule has 2 heterocycles. The van der Waals surface area contributed by atoms with E-state index in [1.54, 1.807) is 6.20 Å². The van der Waals surface area contributed by atoms with Gasteiger partial charge in [0.2, 0.25) is 23.6 Å². The summed E-state index contributed by atoms with van der Waals surface area (Å²) in [5, 5.41) is 12.3. The molecule has 0 saturated carbocycles. The number of amides is 4. The lowest BCUT2D eigenvalue weighted by Gasteiger charge is -2.42. The smallest absolute Gasteiger partial charge is 0.306 e. The molecule has 4 amide bonds. The Balaban J connectivity index is 1.34. The topological polar surface area (TPSA) is 240 Å². The van der Waals surface area contributed by atoms with E-state index in [4.69, 9.17) is 20.9 Å². The number of rotatable bonds is 29. The predicted molar refractivity (Wildman–Crippen MR) is 290 cm³/mol. The molecule has 17 heteroatoms. The third-order valence-corrected chi connectivity index (χ3v) is 14.0. The van der Waals surface area contributed by atoms with Crippen LogP contribution in [-0.4, -0.2) is 125 Å². The molecule has 1 aliphatic heterocycles. The molecule has 1 fully saturated rings. The quantitative estimate of drug-likeness (QED) is 0.0383. The first-order valence-electron chi connectivity index (χ1n) is 27.3. The highest BCUT2D eigenvalue weighted by Gasteiger charge is 2.40. The number of benzene rings is 2. The lowest BCUT2D eigenvalue weighted by atomic mass is 9.91. The number of pyridine rings is 1. The third kappa shape index (κ3) is 20.4. The number of carbonyl (C=O) groups excluding carboxylic acids is 6. The molecule has 5 rings (SSSR count). The van der Waals surface area contributed by atoms with Crippen molar-refractivity contribution in [2.45, 2.75) is 168 Å². The van der Waals surface area contributed by atoms with Gasteiger partial charge in [-0.3, -0.25) is 43.6 Å². The van der Waals surface area contributed by atoms with Crippen molar-refractivity contribution >= 4 is 35.6 Å². The highest BCUT2D eigenvalue weighted by molar-refractivity contribution is 5.83. The summed E-state index contributed by atoms with van der Waals surface area (Å²) in [4.78, 5) is 90.0. The standard InChI is InChI=1S/C58H87N9O8/c1-39(2)51(59)56(72)62-28-17-9-13-25-49(68)74-45(37-67-31-30-66(36-42-22-19-27-61-35-42)38-47(67)55(71)65-58(5,6)7)33-44(32-41-20-11-8-12-21-41)54(70)64-53-46-24-16-15-23-43(46)34-48(53)75-50(69)26-14-10-18-29-63-57(73)52(60)40(3)4/h8,11-12,15-16,19-24,27,35,39-40,44-45,47-48,51-53H,9-10,13-14,17-18,25-26,28-34,36-38,59-60H2,1-7H3,(H,62,72)(H,63,73)(H,64,70)(H,65,71)/t44-,45-,47-,48+,51-,52-,53-/m0/s1. The van der Waals surface area contributed by atoms with E-state index in [1.807, 2.05) is 121 Å². The number of unbranched alkanes of at least 4 members (excludes halogenated alkanes) is 4. The van der Waals surface area contributed by atoms with Gasteiger partial charge in [-0.25, -0.2) is 0 Å². The van der Waals surface area contributed by atoms with Crippen LogP contribution in [0.4, 0.5) is 0 Å². The fraction of sp³-hybridized carbons (Fsp3) is 0.603. The lowest BCUT2D eigenvalue weighted by Crippen LogP contribution is -2.62. The summed E-state index contributed by atoms with van der Waals surface area (Å²) in [5.74, 6) is -2.21. The highest BCUT2D eigenvalue weighted by Crippen LogP contribution is 2.35.